The van der Waals surface area contributed by atoms with Gasteiger partial charge in [-0.3, -0.25) is 9.74 Å². The largest absolute Gasteiger partial charge is 0.379 e. The van der Waals surface area contributed by atoms with E-state index in [1.165, 1.54) is 17.2 Å². The van der Waals surface area contributed by atoms with Crippen LogP contribution in [0.3, 0.4) is 0 Å². The summed E-state index contributed by atoms with van der Waals surface area (Å²) < 4.78 is 19.1. The minimum absolute atomic E-state index is 0.282. The maximum absolute atomic E-state index is 13.8. The lowest BCUT2D eigenvalue weighted by atomic mass is 10.3. The molecule has 1 saturated heterocycles. The molecule has 1 fully saturated rings. The van der Waals surface area contributed by atoms with Gasteiger partial charge in [0.1, 0.15) is 11.3 Å². The van der Waals surface area contributed by atoms with Crippen LogP contribution in [0.1, 0.15) is 6.42 Å². The lowest BCUT2D eigenvalue weighted by Crippen LogP contribution is -2.37. The molecule has 0 spiro atoms. The number of benzene rings is 1. The quantitative estimate of drug-likeness (QED) is 0.454. The van der Waals surface area contributed by atoms with Crippen LogP contribution in [0.25, 0.3) is 11.2 Å². The Balaban J connectivity index is 1.49. The van der Waals surface area contributed by atoms with E-state index in [1.54, 1.807) is 30.7 Å². The van der Waals surface area contributed by atoms with E-state index >= 15 is 0 Å². The molecule has 0 atom stereocenters. The van der Waals surface area contributed by atoms with E-state index in [-0.39, 0.29) is 11.8 Å². The first-order valence-electron chi connectivity index (χ1n) is 9.22. The molecule has 0 amide bonds. The molecule has 1 aromatic carbocycles. The average Bonchev–Trinajstić information content (AvgIpc) is 2.74. The molecule has 1 aliphatic heterocycles. The van der Waals surface area contributed by atoms with E-state index < -0.39 is 0 Å². The number of nitrogens with zero attached hydrogens (tertiary/aromatic N) is 6. The maximum atomic E-state index is 13.8. The van der Waals surface area contributed by atoms with Crippen LogP contribution in [-0.2, 0) is 9.57 Å². The van der Waals surface area contributed by atoms with Gasteiger partial charge >= 0.3 is 0 Å². The number of aromatic nitrogens is 4. The predicted octanol–water partition coefficient (Wildman–Crippen LogP) is 2.35. The molecule has 8 nitrogen and oxygen atoms in total. The highest BCUT2D eigenvalue weighted by Gasteiger charge is 2.16. The molecule has 9 heteroatoms. The molecule has 28 heavy (non-hydrogen) atoms. The second-order valence-corrected chi connectivity index (χ2v) is 6.35. The SMILES string of the molecule is Fc1cccc(N(OCCCN2CCOCC2)c2ncc3nccnc3n2)c1. The molecular formula is C19H21FN6O2. The van der Waals surface area contributed by atoms with Crippen LogP contribution in [0.5, 0.6) is 0 Å². The Labute approximate surface area is 161 Å². The monoisotopic (exact) mass is 384 g/mol. The molecule has 2 aromatic heterocycles. The smallest absolute Gasteiger partial charge is 0.256 e. The second-order valence-electron chi connectivity index (χ2n) is 6.35. The highest BCUT2D eigenvalue weighted by atomic mass is 19.1. The van der Waals surface area contributed by atoms with Crippen molar-refractivity contribution in [1.29, 1.82) is 0 Å². The first-order valence-corrected chi connectivity index (χ1v) is 9.22. The highest BCUT2D eigenvalue weighted by molar-refractivity contribution is 5.70. The third-order valence-corrected chi connectivity index (χ3v) is 4.38. The summed E-state index contributed by atoms with van der Waals surface area (Å²) >= 11 is 0. The first-order chi connectivity index (χ1) is 13.8. The lowest BCUT2D eigenvalue weighted by Gasteiger charge is -2.27. The lowest BCUT2D eigenvalue weighted by molar-refractivity contribution is 0.0318. The van der Waals surface area contributed by atoms with Crippen molar-refractivity contribution < 1.29 is 14.0 Å². The zero-order valence-electron chi connectivity index (χ0n) is 15.4. The van der Waals surface area contributed by atoms with Gasteiger partial charge < -0.3 is 4.74 Å². The summed E-state index contributed by atoms with van der Waals surface area (Å²) in [6, 6.07) is 6.13. The standard InChI is InChI=1S/C19H21FN6O2/c20-15-3-1-4-16(13-15)26(28-10-2-7-25-8-11-27-12-9-25)19-23-14-17-18(24-19)22-6-5-21-17/h1,3-6,13-14H,2,7-12H2. The molecule has 4 rings (SSSR count). The molecule has 3 heterocycles. The van der Waals surface area contributed by atoms with Crippen molar-refractivity contribution in [1.82, 2.24) is 24.8 Å². The van der Waals surface area contributed by atoms with Crippen molar-refractivity contribution in [3.63, 3.8) is 0 Å². The van der Waals surface area contributed by atoms with Crippen LogP contribution >= 0.6 is 0 Å². The van der Waals surface area contributed by atoms with E-state index in [0.717, 1.165) is 39.3 Å². The number of ether oxygens (including phenoxy) is 1. The highest BCUT2D eigenvalue weighted by Crippen LogP contribution is 2.24. The summed E-state index contributed by atoms with van der Waals surface area (Å²) in [5, 5.41) is 1.44. The third kappa shape index (κ3) is 4.56. The maximum Gasteiger partial charge on any atom is 0.256 e. The molecular weight excluding hydrogens is 363 g/mol. The average molecular weight is 384 g/mol. The summed E-state index contributed by atoms with van der Waals surface area (Å²) in [6.45, 7) is 4.74. The number of halogens is 1. The normalized spacial score (nSPS) is 15.0. The van der Waals surface area contributed by atoms with Crippen LogP contribution in [0, 0.1) is 5.82 Å². The van der Waals surface area contributed by atoms with Gasteiger partial charge in [-0.25, -0.2) is 19.3 Å². The van der Waals surface area contributed by atoms with E-state index in [9.17, 15) is 4.39 Å². The molecule has 1 aliphatic rings. The Morgan fingerprint density at radius 1 is 1.14 bits per heavy atom. The van der Waals surface area contributed by atoms with Crippen LogP contribution in [-0.4, -0.2) is 64.3 Å². The van der Waals surface area contributed by atoms with Crippen LogP contribution in [0.2, 0.25) is 0 Å². The fourth-order valence-electron chi connectivity index (χ4n) is 2.98. The van der Waals surface area contributed by atoms with Gasteiger partial charge in [-0.1, -0.05) is 6.07 Å². The molecule has 0 unspecified atom stereocenters. The van der Waals surface area contributed by atoms with Crippen molar-refractivity contribution in [3.05, 3.63) is 48.7 Å². The van der Waals surface area contributed by atoms with Gasteiger partial charge in [0.15, 0.2) is 5.65 Å². The minimum atomic E-state index is -0.361. The molecule has 3 aromatic rings. The first kappa shape index (κ1) is 18.6. The summed E-state index contributed by atoms with van der Waals surface area (Å²) in [5.41, 5.74) is 1.54. The van der Waals surface area contributed by atoms with Gasteiger partial charge in [0, 0.05) is 38.1 Å². The number of anilines is 2. The van der Waals surface area contributed by atoms with E-state index in [0.29, 0.717) is 23.5 Å². The summed E-state index contributed by atoms with van der Waals surface area (Å²) in [4.78, 5) is 25.4. The fourth-order valence-corrected chi connectivity index (χ4v) is 2.98. The van der Waals surface area contributed by atoms with Gasteiger partial charge in [-0.05, 0) is 18.6 Å². The zero-order valence-corrected chi connectivity index (χ0v) is 15.4. The summed E-state index contributed by atoms with van der Waals surface area (Å²) in [7, 11) is 0. The molecule has 146 valence electrons. The van der Waals surface area contributed by atoms with E-state index in [2.05, 4.69) is 24.8 Å². The number of hydrogen-bond donors (Lipinski definition) is 0. The molecule has 0 saturated carbocycles. The van der Waals surface area contributed by atoms with E-state index in [4.69, 9.17) is 9.57 Å². The minimum Gasteiger partial charge on any atom is -0.379 e. The second kappa shape index (κ2) is 8.96. The molecule has 0 aliphatic carbocycles. The van der Waals surface area contributed by atoms with E-state index in [1.807, 2.05) is 0 Å². The van der Waals surface area contributed by atoms with Crippen molar-refractivity contribution in [3.8, 4) is 0 Å². The number of fused-ring (bicyclic) bond motifs is 1. The summed E-state index contributed by atoms with van der Waals surface area (Å²) in [5.74, 6) is -0.0787. The summed E-state index contributed by atoms with van der Waals surface area (Å²) in [6.07, 6.45) is 5.54. The van der Waals surface area contributed by atoms with Crippen molar-refractivity contribution in [2.45, 2.75) is 6.42 Å². The van der Waals surface area contributed by atoms with Crippen molar-refractivity contribution >= 4 is 22.8 Å². The Bertz CT molecular complexity index is 922. The van der Waals surface area contributed by atoms with Gasteiger partial charge in [-0.2, -0.15) is 10.0 Å². The van der Waals surface area contributed by atoms with Gasteiger partial charge in [0.25, 0.3) is 5.95 Å². The third-order valence-electron chi connectivity index (χ3n) is 4.38. The number of hydrogen-bond acceptors (Lipinski definition) is 8. The van der Waals surface area contributed by atoms with Gasteiger partial charge in [0.05, 0.1) is 31.7 Å². The zero-order chi connectivity index (χ0) is 19.2. The van der Waals surface area contributed by atoms with Gasteiger partial charge in [-0.15, -0.1) is 0 Å². The topological polar surface area (TPSA) is 76.5 Å². The van der Waals surface area contributed by atoms with Gasteiger partial charge in [0.2, 0.25) is 0 Å². The Hall–Kier alpha value is -2.75. The Kier molecular flexibility index (Phi) is 5.95. The fraction of sp³-hybridized carbons (Fsp3) is 0.368. The number of rotatable bonds is 7. The molecule has 0 N–H and O–H groups in total. The van der Waals surface area contributed by atoms with Crippen LogP contribution < -0.4 is 5.06 Å². The van der Waals surface area contributed by atoms with Crippen molar-refractivity contribution in [2.75, 3.05) is 44.5 Å². The predicted molar refractivity (Wildman–Crippen MR) is 101 cm³/mol. The number of morpholine rings is 1. The molecule has 0 bridgehead atoms. The molecule has 0 radical (unpaired) electrons. The van der Waals surface area contributed by atoms with Crippen molar-refractivity contribution in [2.24, 2.45) is 0 Å². The Morgan fingerprint density at radius 3 is 2.86 bits per heavy atom. The van der Waals surface area contributed by atoms with Crippen LogP contribution in [0.15, 0.2) is 42.9 Å². The van der Waals surface area contributed by atoms with Crippen LogP contribution in [0.4, 0.5) is 16.0 Å². The Morgan fingerprint density at radius 2 is 2.00 bits per heavy atom.